The number of hydrogen-bond donors (Lipinski definition) is 1. The topological polar surface area (TPSA) is 42.4 Å². The van der Waals surface area contributed by atoms with Crippen molar-refractivity contribution in [1.29, 1.82) is 0 Å². The lowest BCUT2D eigenvalue weighted by Gasteiger charge is -2.33. The molecule has 0 saturated heterocycles. The Morgan fingerprint density at radius 2 is 1.83 bits per heavy atom. The summed E-state index contributed by atoms with van der Waals surface area (Å²) in [6.45, 7) is 0. The van der Waals surface area contributed by atoms with Crippen LogP contribution in [0.2, 0.25) is 0 Å². The molecule has 1 saturated carbocycles. The van der Waals surface area contributed by atoms with Crippen LogP contribution < -0.4 is 4.74 Å². The molecule has 1 N–H and O–H groups in total. The fourth-order valence-electron chi connectivity index (χ4n) is 3.07. The van der Waals surface area contributed by atoms with Gasteiger partial charge in [0.1, 0.15) is 28.7 Å². The smallest absolute Gasteiger partial charge is 0.149 e. The number of fused-ring (bicyclic) bond motifs is 1. The van der Waals surface area contributed by atoms with Crippen molar-refractivity contribution in [2.75, 3.05) is 0 Å². The van der Waals surface area contributed by atoms with Crippen LogP contribution in [0.3, 0.4) is 0 Å². The minimum atomic E-state index is -0.548. The van der Waals surface area contributed by atoms with Gasteiger partial charge in [0, 0.05) is 16.9 Å². The molecule has 1 aliphatic rings. The Hall–Kier alpha value is -2.53. The monoisotopic (exact) mass is 327 g/mol. The van der Waals surface area contributed by atoms with E-state index in [0.717, 1.165) is 6.42 Å². The maximum atomic E-state index is 14.2. The van der Waals surface area contributed by atoms with Crippen LogP contribution in [0.15, 0.2) is 48.7 Å². The molecule has 0 spiro atoms. The number of aliphatic hydroxyl groups is 1. The van der Waals surface area contributed by atoms with Crippen molar-refractivity contribution >= 4 is 10.9 Å². The lowest BCUT2D eigenvalue weighted by atomic mass is 9.76. The predicted molar refractivity (Wildman–Crippen MR) is 86.2 cm³/mol. The summed E-state index contributed by atoms with van der Waals surface area (Å²) in [6, 6.07) is 10.9. The highest BCUT2D eigenvalue weighted by Gasteiger charge is 2.34. The Kier molecular flexibility index (Phi) is 3.65. The average molecular weight is 327 g/mol. The van der Waals surface area contributed by atoms with Crippen LogP contribution in [-0.2, 0) is 0 Å². The number of aromatic nitrogens is 1. The Morgan fingerprint density at radius 3 is 2.58 bits per heavy atom. The van der Waals surface area contributed by atoms with Crippen molar-refractivity contribution in [3.8, 4) is 11.5 Å². The molecule has 1 fully saturated rings. The number of benzene rings is 2. The van der Waals surface area contributed by atoms with E-state index in [0.29, 0.717) is 28.9 Å². The summed E-state index contributed by atoms with van der Waals surface area (Å²) < 4.78 is 33.7. The van der Waals surface area contributed by atoms with Crippen LogP contribution in [-0.4, -0.2) is 16.2 Å². The van der Waals surface area contributed by atoms with E-state index in [1.165, 1.54) is 18.3 Å². The van der Waals surface area contributed by atoms with E-state index in [4.69, 9.17) is 4.74 Å². The predicted octanol–water partition coefficient (Wildman–Crippen LogP) is 4.54. The van der Waals surface area contributed by atoms with E-state index in [1.54, 1.807) is 30.3 Å². The molecular formula is C19H15F2NO2. The lowest BCUT2D eigenvalue weighted by molar-refractivity contribution is 0.0634. The molecule has 0 bridgehead atoms. The van der Waals surface area contributed by atoms with Crippen LogP contribution in [0, 0.1) is 11.6 Å². The second kappa shape index (κ2) is 5.83. The van der Waals surface area contributed by atoms with Gasteiger partial charge in [-0.1, -0.05) is 18.2 Å². The number of hydrogen-bond acceptors (Lipinski definition) is 3. The van der Waals surface area contributed by atoms with Crippen LogP contribution in [0.1, 0.15) is 24.3 Å². The molecule has 5 heteroatoms. The maximum absolute atomic E-state index is 14.2. The second-order valence-electron chi connectivity index (χ2n) is 5.99. The number of para-hydroxylation sites is 1. The molecule has 24 heavy (non-hydrogen) atoms. The zero-order chi connectivity index (χ0) is 16.7. The van der Waals surface area contributed by atoms with Crippen molar-refractivity contribution in [3.05, 3.63) is 65.9 Å². The van der Waals surface area contributed by atoms with Gasteiger partial charge in [0.05, 0.1) is 12.3 Å². The summed E-state index contributed by atoms with van der Waals surface area (Å²) in [4.78, 5) is 4.08. The third-order valence-corrected chi connectivity index (χ3v) is 4.49. The first-order valence-corrected chi connectivity index (χ1v) is 7.82. The lowest BCUT2D eigenvalue weighted by Crippen LogP contribution is -2.29. The molecule has 3 aromatic rings. The van der Waals surface area contributed by atoms with Crippen molar-refractivity contribution < 1.29 is 18.6 Å². The third-order valence-electron chi connectivity index (χ3n) is 4.49. The summed E-state index contributed by atoms with van der Waals surface area (Å²) >= 11 is 0. The Balaban J connectivity index is 1.72. The van der Waals surface area contributed by atoms with Gasteiger partial charge >= 0.3 is 0 Å². The molecule has 2 atom stereocenters. The first-order chi connectivity index (χ1) is 11.6. The van der Waals surface area contributed by atoms with E-state index in [1.807, 2.05) is 0 Å². The van der Waals surface area contributed by atoms with Crippen LogP contribution in [0.25, 0.3) is 10.9 Å². The minimum Gasteiger partial charge on any atom is -0.455 e. The van der Waals surface area contributed by atoms with Gasteiger partial charge in [0.15, 0.2) is 0 Å². The number of nitrogens with zero attached hydrogens (tertiary/aromatic N) is 1. The Labute approximate surface area is 137 Å². The van der Waals surface area contributed by atoms with E-state index < -0.39 is 17.7 Å². The normalized spacial score (nSPS) is 20.0. The van der Waals surface area contributed by atoms with Gasteiger partial charge in [-0.3, -0.25) is 0 Å². The molecule has 122 valence electrons. The average Bonchev–Trinajstić information content (AvgIpc) is 2.56. The Morgan fingerprint density at radius 1 is 1.04 bits per heavy atom. The van der Waals surface area contributed by atoms with Gasteiger partial charge in [-0.15, -0.1) is 0 Å². The van der Waals surface area contributed by atoms with Crippen molar-refractivity contribution in [2.24, 2.45) is 0 Å². The molecule has 2 aromatic carbocycles. The number of halogens is 2. The van der Waals surface area contributed by atoms with E-state index in [2.05, 4.69) is 4.98 Å². The number of ether oxygens (including phenoxy) is 1. The van der Waals surface area contributed by atoms with Gasteiger partial charge in [-0.2, -0.15) is 0 Å². The second-order valence-corrected chi connectivity index (χ2v) is 5.99. The zero-order valence-electron chi connectivity index (χ0n) is 12.7. The molecule has 3 nitrogen and oxygen atoms in total. The van der Waals surface area contributed by atoms with E-state index in [-0.39, 0.29) is 11.4 Å². The highest BCUT2D eigenvalue weighted by molar-refractivity contribution is 5.80. The van der Waals surface area contributed by atoms with Gasteiger partial charge in [-0.05, 0) is 37.1 Å². The number of pyridine rings is 1. The highest BCUT2D eigenvalue weighted by atomic mass is 19.1. The molecular weight excluding hydrogens is 312 g/mol. The molecule has 1 heterocycles. The molecule has 2 unspecified atom stereocenters. The fraction of sp³-hybridized carbons (Fsp3) is 0.211. The molecule has 1 aliphatic carbocycles. The van der Waals surface area contributed by atoms with Crippen molar-refractivity contribution in [3.63, 3.8) is 0 Å². The van der Waals surface area contributed by atoms with Crippen LogP contribution >= 0.6 is 0 Å². The summed E-state index contributed by atoms with van der Waals surface area (Å²) in [5.41, 5.74) is 0.648. The maximum Gasteiger partial charge on any atom is 0.149 e. The van der Waals surface area contributed by atoms with Gasteiger partial charge in [0.25, 0.3) is 0 Å². The quantitative estimate of drug-likeness (QED) is 0.768. The van der Waals surface area contributed by atoms with Gasteiger partial charge in [0.2, 0.25) is 0 Å². The zero-order valence-corrected chi connectivity index (χ0v) is 12.7. The van der Waals surface area contributed by atoms with E-state index >= 15 is 0 Å². The summed E-state index contributed by atoms with van der Waals surface area (Å²) in [6.07, 6.45) is 2.25. The summed E-state index contributed by atoms with van der Waals surface area (Å²) in [5.74, 6) is -0.295. The standard InChI is InChI=1S/C19H15F2NO2/c20-14-4-2-6-17(18(14)13-7-8-16(13)23)24-12-9-11-3-1-5-15(21)19(11)22-10-12/h1-6,9-10,13,16,23H,7-8H2. The van der Waals surface area contributed by atoms with Crippen LogP contribution in [0.5, 0.6) is 11.5 Å². The fourth-order valence-corrected chi connectivity index (χ4v) is 3.07. The van der Waals surface area contributed by atoms with Crippen molar-refractivity contribution in [1.82, 2.24) is 4.98 Å². The molecule has 0 radical (unpaired) electrons. The number of rotatable bonds is 3. The molecule has 0 amide bonds. The molecule has 4 rings (SSSR count). The molecule has 1 aromatic heterocycles. The summed E-state index contributed by atoms with van der Waals surface area (Å²) in [5, 5.41) is 10.5. The van der Waals surface area contributed by atoms with Crippen LogP contribution in [0.4, 0.5) is 8.78 Å². The first-order valence-electron chi connectivity index (χ1n) is 7.82. The third kappa shape index (κ3) is 2.51. The number of aliphatic hydroxyl groups excluding tert-OH is 1. The molecule has 0 aliphatic heterocycles. The van der Waals surface area contributed by atoms with E-state index in [9.17, 15) is 13.9 Å². The first kappa shape index (κ1) is 15.0. The SMILES string of the molecule is OC1CCC1c1c(F)cccc1Oc1cnc2c(F)cccc2c1. The summed E-state index contributed by atoms with van der Waals surface area (Å²) in [7, 11) is 0. The van der Waals surface area contributed by atoms with Gasteiger partial charge in [-0.25, -0.2) is 13.8 Å². The van der Waals surface area contributed by atoms with Gasteiger partial charge < -0.3 is 9.84 Å². The minimum absolute atomic E-state index is 0.257. The van der Waals surface area contributed by atoms with Crippen molar-refractivity contribution in [2.45, 2.75) is 24.9 Å². The largest absolute Gasteiger partial charge is 0.455 e. The Bertz CT molecular complexity index is 913. The highest BCUT2D eigenvalue weighted by Crippen LogP contribution is 2.43.